The zero-order chi connectivity index (χ0) is 24.8. The number of benzene rings is 2. The molecule has 0 aromatic heterocycles. The molecule has 0 unspecified atom stereocenters. The maximum atomic E-state index is 12.6. The summed E-state index contributed by atoms with van der Waals surface area (Å²) in [6.45, 7) is 6.59. The van der Waals surface area contributed by atoms with E-state index in [1.54, 1.807) is 12.1 Å². The average molecular weight is 461 g/mol. The van der Waals surface area contributed by atoms with Crippen molar-refractivity contribution in [2.24, 2.45) is 5.73 Å². The van der Waals surface area contributed by atoms with Gasteiger partial charge in [0.1, 0.15) is 5.75 Å². The van der Waals surface area contributed by atoms with Crippen molar-refractivity contribution in [3.05, 3.63) is 65.0 Å². The minimum atomic E-state index is -4.74. The van der Waals surface area contributed by atoms with E-state index in [9.17, 15) is 13.2 Å². The van der Waals surface area contributed by atoms with E-state index in [4.69, 9.17) is 11.1 Å². The van der Waals surface area contributed by atoms with Crippen molar-refractivity contribution < 1.29 is 17.9 Å². The van der Waals surface area contributed by atoms with E-state index in [-0.39, 0.29) is 5.75 Å². The van der Waals surface area contributed by atoms with Gasteiger partial charge in [-0.2, -0.15) is 0 Å². The van der Waals surface area contributed by atoms with Crippen LogP contribution in [0.25, 0.3) is 16.7 Å². The molecular formula is C25H31F3N4O. The van der Waals surface area contributed by atoms with E-state index in [1.165, 1.54) is 30.1 Å². The van der Waals surface area contributed by atoms with Crippen LogP contribution in [0.15, 0.2) is 48.3 Å². The number of rotatable bonds is 9. The lowest BCUT2D eigenvalue weighted by Crippen LogP contribution is -2.18. The van der Waals surface area contributed by atoms with Gasteiger partial charge in [0, 0.05) is 43.3 Å². The zero-order valence-corrected chi connectivity index (χ0v) is 19.6. The lowest BCUT2D eigenvalue weighted by Gasteiger charge is -2.27. The van der Waals surface area contributed by atoms with Gasteiger partial charge < -0.3 is 26.1 Å². The highest BCUT2D eigenvalue weighted by molar-refractivity contribution is 6.12. The van der Waals surface area contributed by atoms with Crippen molar-refractivity contribution >= 4 is 17.5 Å². The van der Waals surface area contributed by atoms with Gasteiger partial charge in [0.25, 0.3) is 0 Å². The minimum absolute atomic E-state index is 0.271. The summed E-state index contributed by atoms with van der Waals surface area (Å²) in [7, 11) is 3.77. The first-order valence-electron chi connectivity index (χ1n) is 10.6. The molecule has 0 fully saturated rings. The highest BCUT2D eigenvalue weighted by atomic mass is 19.4. The number of halogens is 3. The topological polar surface area (TPSA) is 74.4 Å². The zero-order valence-electron chi connectivity index (χ0n) is 19.6. The van der Waals surface area contributed by atoms with E-state index >= 15 is 0 Å². The summed E-state index contributed by atoms with van der Waals surface area (Å²) in [6.07, 6.45) is 0.821. The number of nitrogens with zero attached hydrogens (tertiary/aromatic N) is 1. The summed E-state index contributed by atoms with van der Waals surface area (Å²) in [5.41, 5.74) is 12.8. The Morgan fingerprint density at radius 2 is 1.88 bits per heavy atom. The molecule has 0 aliphatic rings. The predicted molar refractivity (Wildman–Crippen MR) is 129 cm³/mol. The average Bonchev–Trinajstić information content (AvgIpc) is 2.75. The Morgan fingerprint density at radius 1 is 1.24 bits per heavy atom. The van der Waals surface area contributed by atoms with Crippen LogP contribution in [0.5, 0.6) is 5.75 Å². The van der Waals surface area contributed by atoms with Crippen LogP contribution < -0.4 is 20.7 Å². The minimum Gasteiger partial charge on any atom is -0.406 e. The summed E-state index contributed by atoms with van der Waals surface area (Å²) in [5, 5.41) is 11.0. The molecule has 0 bridgehead atoms. The number of anilines is 1. The molecule has 0 aliphatic carbocycles. The van der Waals surface area contributed by atoms with Crippen LogP contribution in [0.2, 0.25) is 0 Å². The largest absolute Gasteiger partial charge is 0.573 e. The number of ether oxygens (including phenoxy) is 1. The monoisotopic (exact) mass is 460 g/mol. The molecule has 0 saturated carbocycles. The van der Waals surface area contributed by atoms with E-state index in [0.717, 1.165) is 39.9 Å². The van der Waals surface area contributed by atoms with Crippen molar-refractivity contribution in [3.8, 4) is 16.9 Å². The molecule has 4 N–H and O–H groups in total. The van der Waals surface area contributed by atoms with Crippen LogP contribution in [-0.2, 0) is 6.54 Å². The Bertz CT molecular complexity index is 1040. The van der Waals surface area contributed by atoms with Crippen molar-refractivity contribution in [1.82, 2.24) is 5.32 Å². The molecule has 2 aromatic carbocycles. The van der Waals surface area contributed by atoms with Gasteiger partial charge in [-0.1, -0.05) is 24.6 Å². The Balaban J connectivity index is 2.79. The Labute approximate surface area is 193 Å². The molecule has 5 nitrogen and oxygen atoms in total. The van der Waals surface area contributed by atoms with E-state index in [1.807, 2.05) is 45.1 Å². The molecule has 0 aliphatic heterocycles. The Kier molecular flexibility index (Phi) is 8.70. The van der Waals surface area contributed by atoms with Gasteiger partial charge in [0.2, 0.25) is 0 Å². The summed E-state index contributed by atoms with van der Waals surface area (Å²) >= 11 is 0. The fourth-order valence-electron chi connectivity index (χ4n) is 3.74. The third-order valence-electron chi connectivity index (χ3n) is 5.35. The first-order valence-corrected chi connectivity index (χ1v) is 10.6. The third-order valence-corrected chi connectivity index (χ3v) is 5.35. The number of allylic oxidation sites excluding steroid dienone is 2. The predicted octanol–water partition coefficient (Wildman–Crippen LogP) is 5.98. The summed E-state index contributed by atoms with van der Waals surface area (Å²) < 4.78 is 41.7. The second kappa shape index (κ2) is 11.0. The van der Waals surface area contributed by atoms with E-state index in [2.05, 4.69) is 17.0 Å². The molecule has 8 heteroatoms. The van der Waals surface area contributed by atoms with E-state index < -0.39 is 6.36 Å². The normalized spacial score (nSPS) is 12.6. The van der Waals surface area contributed by atoms with Crippen LogP contribution in [0.4, 0.5) is 18.9 Å². The number of hydrogen-bond donors (Lipinski definition) is 3. The Hall–Kier alpha value is -3.26. The second-order valence-electron chi connectivity index (χ2n) is 7.74. The van der Waals surface area contributed by atoms with Crippen LogP contribution in [0.1, 0.15) is 37.0 Å². The highest BCUT2D eigenvalue weighted by Crippen LogP contribution is 2.40. The van der Waals surface area contributed by atoms with Crippen LogP contribution in [0, 0.1) is 12.3 Å². The lowest BCUT2D eigenvalue weighted by atomic mass is 9.88. The highest BCUT2D eigenvalue weighted by Gasteiger charge is 2.31. The first-order chi connectivity index (χ1) is 15.6. The van der Waals surface area contributed by atoms with Crippen molar-refractivity contribution in [2.45, 2.75) is 40.1 Å². The van der Waals surface area contributed by atoms with Crippen LogP contribution in [-0.4, -0.2) is 26.7 Å². The molecule has 0 amide bonds. The van der Waals surface area contributed by atoms with Gasteiger partial charge in [0.05, 0.1) is 5.69 Å². The first kappa shape index (κ1) is 26.0. The molecule has 0 radical (unpaired) electrons. The number of alkyl halides is 3. The molecular weight excluding hydrogens is 429 g/mol. The van der Waals surface area contributed by atoms with Gasteiger partial charge in [-0.05, 0) is 67.8 Å². The molecule has 0 heterocycles. The molecule has 0 atom stereocenters. The summed E-state index contributed by atoms with van der Waals surface area (Å²) in [5.74, 6) is -0.271. The van der Waals surface area contributed by atoms with Gasteiger partial charge in [0.15, 0.2) is 0 Å². The number of hydrogen-bond acceptors (Lipinski definition) is 5. The smallest absolute Gasteiger partial charge is 0.406 e. The SMILES string of the molecule is CC/C(C)=C/N(C)c1c(C)c(-c2ccc(OC(F)(F)F)cc2)cc(CNC)c1/C(C=N)=C/N. The summed E-state index contributed by atoms with van der Waals surface area (Å²) in [4.78, 5) is 2.01. The fraction of sp³-hybridized carbons (Fsp3) is 0.320. The van der Waals surface area contributed by atoms with Crippen LogP contribution >= 0.6 is 0 Å². The molecule has 0 saturated heterocycles. The van der Waals surface area contributed by atoms with E-state index in [0.29, 0.717) is 12.1 Å². The van der Waals surface area contributed by atoms with Gasteiger partial charge in [-0.3, -0.25) is 0 Å². The second-order valence-corrected chi connectivity index (χ2v) is 7.74. The molecule has 33 heavy (non-hydrogen) atoms. The number of nitrogens with one attached hydrogen (secondary N) is 2. The Morgan fingerprint density at radius 3 is 2.36 bits per heavy atom. The maximum absolute atomic E-state index is 12.6. The lowest BCUT2D eigenvalue weighted by molar-refractivity contribution is -0.274. The van der Waals surface area contributed by atoms with Gasteiger partial charge >= 0.3 is 6.36 Å². The summed E-state index contributed by atoms with van der Waals surface area (Å²) in [6, 6.07) is 7.82. The van der Waals surface area contributed by atoms with Crippen LogP contribution in [0.3, 0.4) is 0 Å². The molecule has 2 rings (SSSR count). The fourth-order valence-corrected chi connectivity index (χ4v) is 3.74. The van der Waals surface area contributed by atoms with Crippen molar-refractivity contribution in [2.75, 3.05) is 19.0 Å². The quantitative estimate of drug-likeness (QED) is 0.403. The van der Waals surface area contributed by atoms with Crippen molar-refractivity contribution in [1.29, 1.82) is 5.41 Å². The third kappa shape index (κ3) is 6.38. The standard InChI is InChI=1S/C25H31F3N4O/c1-6-16(2)15-32(5)24-17(3)22(11-19(14-31-4)23(24)20(12-29)13-30)18-7-9-21(10-8-18)33-25(26,27)28/h7-13,15,29,31H,6,14,30H2,1-5H3/b16-15+,20-13+,29-12?. The molecule has 0 spiro atoms. The number of nitrogens with two attached hydrogens (primary N) is 1. The van der Waals surface area contributed by atoms with Crippen molar-refractivity contribution in [3.63, 3.8) is 0 Å². The maximum Gasteiger partial charge on any atom is 0.573 e. The molecule has 178 valence electrons. The van der Waals surface area contributed by atoms with Gasteiger partial charge in [-0.15, -0.1) is 13.2 Å². The molecule has 2 aromatic rings. The van der Waals surface area contributed by atoms with Gasteiger partial charge in [-0.25, -0.2) is 0 Å².